The Kier molecular flexibility index (Phi) is 3.70. The van der Waals surface area contributed by atoms with Crippen molar-refractivity contribution in [2.75, 3.05) is 16.8 Å². The fourth-order valence-corrected chi connectivity index (χ4v) is 3.99. The van der Waals surface area contributed by atoms with Crippen LogP contribution in [0.4, 0.5) is 5.69 Å². The van der Waals surface area contributed by atoms with Crippen LogP contribution in [-0.4, -0.2) is 32.3 Å². The molecular weight excluding hydrogens is 268 g/mol. The van der Waals surface area contributed by atoms with Crippen molar-refractivity contribution in [1.82, 2.24) is 14.8 Å². The fourth-order valence-electron chi connectivity index (χ4n) is 2.39. The Labute approximate surface area is 124 Å². The van der Waals surface area contributed by atoms with E-state index >= 15 is 0 Å². The summed E-state index contributed by atoms with van der Waals surface area (Å²) >= 11 is 2.03. The van der Waals surface area contributed by atoms with E-state index in [4.69, 9.17) is 0 Å². The summed E-state index contributed by atoms with van der Waals surface area (Å²) in [6.07, 6.45) is 6.81. The molecule has 2 aromatic heterocycles. The lowest BCUT2D eigenvalue weighted by Crippen LogP contribution is -2.41. The van der Waals surface area contributed by atoms with E-state index in [0.29, 0.717) is 11.5 Å². The number of hydrogen-bond acceptors (Lipinski definition) is 4. The van der Waals surface area contributed by atoms with Gasteiger partial charge in [0.2, 0.25) is 0 Å². The van der Waals surface area contributed by atoms with Crippen LogP contribution in [0.2, 0.25) is 0 Å². The molecule has 0 bridgehead atoms. The molecule has 1 fully saturated rings. The molecule has 1 saturated heterocycles. The molecule has 2 aromatic rings. The largest absolute Gasteiger partial charge is 0.380 e. The highest BCUT2D eigenvalue weighted by Gasteiger charge is 2.32. The Hall–Kier alpha value is -1.49. The molecule has 1 atom stereocenters. The van der Waals surface area contributed by atoms with Gasteiger partial charge in [-0.3, -0.25) is 0 Å². The summed E-state index contributed by atoms with van der Waals surface area (Å²) in [5.74, 6) is 3.27. The Morgan fingerprint density at radius 2 is 2.30 bits per heavy atom. The highest BCUT2D eigenvalue weighted by molar-refractivity contribution is 7.99. The molecule has 1 unspecified atom stereocenters. The third-order valence-corrected chi connectivity index (χ3v) is 5.01. The highest BCUT2D eigenvalue weighted by atomic mass is 32.2. The quantitative estimate of drug-likeness (QED) is 0.942. The van der Waals surface area contributed by atoms with Crippen LogP contribution in [0.15, 0.2) is 36.8 Å². The maximum atomic E-state index is 4.47. The smallest absolute Gasteiger partial charge is 0.153 e. The summed E-state index contributed by atoms with van der Waals surface area (Å²) in [5, 5.41) is 7.82. The normalized spacial score (nSPS) is 21.6. The zero-order valence-corrected chi connectivity index (χ0v) is 12.7. The maximum Gasteiger partial charge on any atom is 0.153 e. The SMILES string of the molecule is CC1(C)CCSCC1Nc1ccc(-n2cccn2)nc1. The Balaban J connectivity index is 1.72. The third kappa shape index (κ3) is 2.82. The number of rotatable bonds is 3. The van der Waals surface area contributed by atoms with E-state index in [1.165, 1.54) is 12.2 Å². The zero-order valence-electron chi connectivity index (χ0n) is 11.9. The summed E-state index contributed by atoms with van der Waals surface area (Å²) in [6.45, 7) is 4.69. The first-order chi connectivity index (χ1) is 9.65. The second kappa shape index (κ2) is 5.48. The van der Waals surface area contributed by atoms with Crippen LogP contribution in [0.1, 0.15) is 20.3 Å². The van der Waals surface area contributed by atoms with Gasteiger partial charge in [0.15, 0.2) is 5.82 Å². The average Bonchev–Trinajstić information content (AvgIpc) is 2.96. The van der Waals surface area contributed by atoms with Gasteiger partial charge in [-0.05, 0) is 35.8 Å². The van der Waals surface area contributed by atoms with Crippen molar-refractivity contribution in [2.24, 2.45) is 5.41 Å². The van der Waals surface area contributed by atoms with Gasteiger partial charge in [0.05, 0.1) is 11.9 Å². The maximum absolute atomic E-state index is 4.47. The lowest BCUT2D eigenvalue weighted by molar-refractivity contribution is 0.305. The first kappa shape index (κ1) is 13.5. The predicted molar refractivity (Wildman–Crippen MR) is 84.5 cm³/mol. The van der Waals surface area contributed by atoms with Gasteiger partial charge in [-0.2, -0.15) is 16.9 Å². The minimum atomic E-state index is 0.339. The molecule has 3 heterocycles. The summed E-state index contributed by atoms with van der Waals surface area (Å²) in [6, 6.07) is 6.48. The van der Waals surface area contributed by atoms with Crippen LogP contribution >= 0.6 is 11.8 Å². The molecular formula is C15H20N4S. The average molecular weight is 288 g/mol. The van der Waals surface area contributed by atoms with Crippen molar-refractivity contribution in [3.05, 3.63) is 36.8 Å². The van der Waals surface area contributed by atoms with Gasteiger partial charge in [0, 0.05) is 24.2 Å². The summed E-state index contributed by atoms with van der Waals surface area (Å²) in [4.78, 5) is 4.47. The van der Waals surface area contributed by atoms with Crippen molar-refractivity contribution in [3.8, 4) is 5.82 Å². The number of hydrogen-bond donors (Lipinski definition) is 1. The monoisotopic (exact) mass is 288 g/mol. The van der Waals surface area contributed by atoms with Gasteiger partial charge in [0.1, 0.15) is 0 Å². The zero-order chi connectivity index (χ0) is 14.0. The van der Waals surface area contributed by atoms with Crippen molar-refractivity contribution in [2.45, 2.75) is 26.3 Å². The minimum Gasteiger partial charge on any atom is -0.380 e. The topological polar surface area (TPSA) is 42.7 Å². The van der Waals surface area contributed by atoms with Gasteiger partial charge in [-0.15, -0.1) is 0 Å². The van der Waals surface area contributed by atoms with Gasteiger partial charge < -0.3 is 5.32 Å². The Morgan fingerprint density at radius 1 is 1.40 bits per heavy atom. The van der Waals surface area contributed by atoms with Crippen LogP contribution in [0, 0.1) is 5.41 Å². The molecule has 106 valence electrons. The Bertz CT molecular complexity index is 548. The molecule has 20 heavy (non-hydrogen) atoms. The molecule has 0 aromatic carbocycles. The molecule has 0 spiro atoms. The van der Waals surface area contributed by atoms with E-state index in [1.54, 1.807) is 10.9 Å². The predicted octanol–water partition coefficient (Wildman–Crippen LogP) is 3.21. The molecule has 1 aliphatic rings. The molecule has 0 aliphatic carbocycles. The summed E-state index contributed by atoms with van der Waals surface area (Å²) < 4.78 is 1.77. The number of aromatic nitrogens is 3. The Morgan fingerprint density at radius 3 is 2.95 bits per heavy atom. The molecule has 1 N–H and O–H groups in total. The molecule has 0 amide bonds. The number of pyridine rings is 1. The van der Waals surface area contributed by atoms with Gasteiger partial charge in [-0.25, -0.2) is 9.67 Å². The second-order valence-corrected chi connectivity index (χ2v) is 7.02. The molecule has 3 rings (SSSR count). The lowest BCUT2D eigenvalue weighted by Gasteiger charge is -2.39. The van der Waals surface area contributed by atoms with Crippen molar-refractivity contribution in [3.63, 3.8) is 0 Å². The number of nitrogens with zero attached hydrogens (tertiary/aromatic N) is 3. The van der Waals surface area contributed by atoms with Crippen LogP contribution in [-0.2, 0) is 0 Å². The fraction of sp³-hybridized carbons (Fsp3) is 0.467. The van der Waals surface area contributed by atoms with E-state index in [2.05, 4.69) is 35.3 Å². The van der Waals surface area contributed by atoms with E-state index in [-0.39, 0.29) is 0 Å². The summed E-state index contributed by atoms with van der Waals surface area (Å²) in [7, 11) is 0. The molecule has 5 heteroatoms. The second-order valence-electron chi connectivity index (χ2n) is 5.87. The van der Waals surface area contributed by atoms with Crippen molar-refractivity contribution < 1.29 is 0 Å². The molecule has 0 saturated carbocycles. The highest BCUT2D eigenvalue weighted by Crippen LogP contribution is 2.35. The van der Waals surface area contributed by atoms with Crippen molar-refractivity contribution in [1.29, 1.82) is 0 Å². The standard InChI is InChI=1S/C15H20N4S/c1-15(2)6-9-20-11-13(15)18-12-4-5-14(16-10-12)19-8-3-7-17-19/h3-5,7-8,10,13,18H,6,9,11H2,1-2H3. The molecule has 4 nitrogen and oxygen atoms in total. The minimum absolute atomic E-state index is 0.339. The van der Waals surface area contributed by atoms with Crippen molar-refractivity contribution >= 4 is 17.4 Å². The van der Waals surface area contributed by atoms with E-state index in [0.717, 1.165) is 17.3 Å². The number of thioether (sulfide) groups is 1. The lowest BCUT2D eigenvalue weighted by atomic mass is 9.82. The third-order valence-electron chi connectivity index (χ3n) is 3.95. The van der Waals surface area contributed by atoms with Crippen LogP contribution in [0.5, 0.6) is 0 Å². The van der Waals surface area contributed by atoms with E-state index < -0.39 is 0 Å². The van der Waals surface area contributed by atoms with E-state index in [1.807, 2.05) is 36.3 Å². The van der Waals surface area contributed by atoms with Gasteiger partial charge >= 0.3 is 0 Å². The van der Waals surface area contributed by atoms with Crippen LogP contribution in [0.3, 0.4) is 0 Å². The molecule has 0 radical (unpaired) electrons. The van der Waals surface area contributed by atoms with Gasteiger partial charge in [-0.1, -0.05) is 13.8 Å². The molecule has 1 aliphatic heterocycles. The van der Waals surface area contributed by atoms with Gasteiger partial charge in [0.25, 0.3) is 0 Å². The number of nitrogens with one attached hydrogen (secondary N) is 1. The summed E-state index contributed by atoms with van der Waals surface area (Å²) in [5.41, 5.74) is 1.42. The van der Waals surface area contributed by atoms with Crippen LogP contribution < -0.4 is 5.32 Å². The van der Waals surface area contributed by atoms with Crippen LogP contribution in [0.25, 0.3) is 5.82 Å². The van der Waals surface area contributed by atoms with E-state index in [9.17, 15) is 0 Å². The first-order valence-electron chi connectivity index (χ1n) is 6.95. The number of anilines is 1. The first-order valence-corrected chi connectivity index (χ1v) is 8.11.